The normalized spacial score (nSPS) is 26.5. The average molecular weight is 242 g/mol. The van der Waals surface area contributed by atoms with E-state index < -0.39 is 0 Å². The Bertz CT molecular complexity index is 246. The van der Waals surface area contributed by atoms with E-state index in [-0.39, 0.29) is 11.5 Å². The minimum absolute atomic E-state index is 0.0594. The van der Waals surface area contributed by atoms with Crippen LogP contribution in [0.5, 0.6) is 0 Å². The van der Waals surface area contributed by atoms with Gasteiger partial charge in [0.1, 0.15) is 0 Å². The van der Waals surface area contributed by atoms with Crippen LogP contribution in [0, 0.1) is 0 Å². The molecule has 0 bridgehead atoms. The number of nitrogens with one attached hydrogen (secondary N) is 1. The summed E-state index contributed by atoms with van der Waals surface area (Å²) in [5.41, 5.74) is -0.0594. The summed E-state index contributed by atoms with van der Waals surface area (Å²) in [7, 11) is 1.96. The van der Waals surface area contributed by atoms with Gasteiger partial charge in [-0.25, -0.2) is 0 Å². The third-order valence-corrected chi connectivity index (χ3v) is 3.80. The highest BCUT2D eigenvalue weighted by molar-refractivity contribution is 5.70. The highest BCUT2D eigenvalue weighted by Crippen LogP contribution is 2.26. The van der Waals surface area contributed by atoms with Crippen LogP contribution in [0.4, 0.5) is 0 Å². The third kappa shape index (κ3) is 4.28. The zero-order valence-electron chi connectivity index (χ0n) is 11.4. The first-order chi connectivity index (χ1) is 8.15. The Balaban J connectivity index is 2.58. The molecule has 0 aliphatic carbocycles. The van der Waals surface area contributed by atoms with E-state index in [2.05, 4.69) is 17.1 Å². The Morgan fingerprint density at radius 1 is 1.35 bits per heavy atom. The van der Waals surface area contributed by atoms with Crippen molar-refractivity contribution in [3.63, 3.8) is 0 Å². The average Bonchev–Trinajstić information content (AvgIpc) is 2.52. The highest BCUT2D eigenvalue weighted by atomic mass is 16.5. The van der Waals surface area contributed by atoms with Crippen LogP contribution in [0.3, 0.4) is 0 Å². The van der Waals surface area contributed by atoms with E-state index >= 15 is 0 Å². The van der Waals surface area contributed by atoms with Crippen molar-refractivity contribution in [2.75, 3.05) is 33.3 Å². The van der Waals surface area contributed by atoms with Crippen LogP contribution < -0.4 is 5.32 Å². The first kappa shape index (κ1) is 14.5. The van der Waals surface area contributed by atoms with E-state index in [1.807, 2.05) is 14.0 Å². The van der Waals surface area contributed by atoms with Gasteiger partial charge in [-0.05, 0) is 52.9 Å². The molecule has 1 N–H and O–H groups in total. The Labute approximate surface area is 105 Å². The van der Waals surface area contributed by atoms with Crippen molar-refractivity contribution in [3.8, 4) is 0 Å². The summed E-state index contributed by atoms with van der Waals surface area (Å²) >= 11 is 0. The molecule has 0 saturated carbocycles. The molecule has 1 rings (SSSR count). The van der Waals surface area contributed by atoms with Crippen LogP contribution in [-0.2, 0) is 9.53 Å². The molecule has 0 amide bonds. The van der Waals surface area contributed by atoms with Gasteiger partial charge in [0.15, 0.2) is 0 Å². The molecule has 100 valence electrons. The highest BCUT2D eigenvalue weighted by Gasteiger charge is 2.33. The van der Waals surface area contributed by atoms with Gasteiger partial charge in [-0.15, -0.1) is 0 Å². The summed E-state index contributed by atoms with van der Waals surface area (Å²) in [4.78, 5) is 14.1. The van der Waals surface area contributed by atoms with E-state index in [0.717, 1.165) is 38.9 Å². The fourth-order valence-corrected chi connectivity index (χ4v) is 2.57. The second-order valence-electron chi connectivity index (χ2n) is 4.80. The SMILES string of the molecule is CCOC(=O)CC1(NC)CCCN(CC)CC1. The van der Waals surface area contributed by atoms with Gasteiger partial charge in [-0.3, -0.25) is 4.79 Å². The summed E-state index contributed by atoms with van der Waals surface area (Å²) in [5.74, 6) is -0.0770. The summed E-state index contributed by atoms with van der Waals surface area (Å²) in [6.07, 6.45) is 3.72. The molecule has 1 aliphatic heterocycles. The topological polar surface area (TPSA) is 41.6 Å². The number of hydrogen-bond donors (Lipinski definition) is 1. The predicted molar refractivity (Wildman–Crippen MR) is 69.0 cm³/mol. The lowest BCUT2D eigenvalue weighted by Crippen LogP contribution is -2.45. The molecule has 1 atom stereocenters. The van der Waals surface area contributed by atoms with Crippen molar-refractivity contribution < 1.29 is 9.53 Å². The van der Waals surface area contributed by atoms with Crippen LogP contribution >= 0.6 is 0 Å². The number of hydrogen-bond acceptors (Lipinski definition) is 4. The van der Waals surface area contributed by atoms with Crippen LogP contribution in [0.25, 0.3) is 0 Å². The fourth-order valence-electron chi connectivity index (χ4n) is 2.57. The van der Waals surface area contributed by atoms with Crippen LogP contribution in [0.2, 0.25) is 0 Å². The van der Waals surface area contributed by atoms with E-state index in [1.165, 1.54) is 0 Å². The molecule has 1 heterocycles. The monoisotopic (exact) mass is 242 g/mol. The lowest BCUT2D eigenvalue weighted by atomic mass is 9.87. The van der Waals surface area contributed by atoms with Crippen molar-refractivity contribution in [1.29, 1.82) is 0 Å². The maximum Gasteiger partial charge on any atom is 0.307 e. The van der Waals surface area contributed by atoms with E-state index in [9.17, 15) is 4.79 Å². The van der Waals surface area contributed by atoms with E-state index in [1.54, 1.807) is 0 Å². The first-order valence-electron chi connectivity index (χ1n) is 6.72. The third-order valence-electron chi connectivity index (χ3n) is 3.80. The number of likely N-dealkylation sites (tertiary alicyclic amines) is 1. The molecule has 1 fully saturated rings. The lowest BCUT2D eigenvalue weighted by Gasteiger charge is -2.31. The van der Waals surface area contributed by atoms with Gasteiger partial charge in [-0.2, -0.15) is 0 Å². The second kappa shape index (κ2) is 6.97. The van der Waals surface area contributed by atoms with Gasteiger partial charge in [0.2, 0.25) is 0 Å². The second-order valence-corrected chi connectivity index (χ2v) is 4.80. The fraction of sp³-hybridized carbons (Fsp3) is 0.923. The Morgan fingerprint density at radius 2 is 2.12 bits per heavy atom. The molecular formula is C13H26N2O2. The summed E-state index contributed by atoms with van der Waals surface area (Å²) < 4.78 is 5.07. The largest absolute Gasteiger partial charge is 0.466 e. The van der Waals surface area contributed by atoms with Gasteiger partial charge >= 0.3 is 5.97 Å². The quantitative estimate of drug-likeness (QED) is 0.740. The number of esters is 1. The van der Waals surface area contributed by atoms with Gasteiger partial charge in [0.05, 0.1) is 13.0 Å². The van der Waals surface area contributed by atoms with Crippen LogP contribution in [0.1, 0.15) is 39.5 Å². The van der Waals surface area contributed by atoms with Gasteiger partial charge in [0.25, 0.3) is 0 Å². The first-order valence-corrected chi connectivity index (χ1v) is 6.72. The molecular weight excluding hydrogens is 216 g/mol. The molecule has 0 spiro atoms. The van der Waals surface area contributed by atoms with Crippen molar-refractivity contribution in [3.05, 3.63) is 0 Å². The molecule has 1 saturated heterocycles. The van der Waals surface area contributed by atoms with E-state index in [0.29, 0.717) is 13.0 Å². The minimum atomic E-state index is -0.0770. The van der Waals surface area contributed by atoms with Crippen LogP contribution in [-0.4, -0.2) is 49.7 Å². The summed E-state index contributed by atoms with van der Waals surface area (Å²) in [6.45, 7) is 7.83. The molecule has 4 heteroatoms. The molecule has 1 aliphatic rings. The van der Waals surface area contributed by atoms with Crippen molar-refractivity contribution in [1.82, 2.24) is 10.2 Å². The molecule has 0 radical (unpaired) electrons. The number of rotatable bonds is 5. The molecule has 1 unspecified atom stereocenters. The van der Waals surface area contributed by atoms with E-state index in [4.69, 9.17) is 4.74 Å². The van der Waals surface area contributed by atoms with Crippen molar-refractivity contribution in [2.24, 2.45) is 0 Å². The van der Waals surface area contributed by atoms with Crippen molar-refractivity contribution in [2.45, 2.75) is 45.1 Å². The maximum absolute atomic E-state index is 11.7. The zero-order chi connectivity index (χ0) is 12.7. The lowest BCUT2D eigenvalue weighted by molar-refractivity contribution is -0.145. The van der Waals surface area contributed by atoms with Gasteiger partial charge < -0.3 is 15.0 Å². The smallest absolute Gasteiger partial charge is 0.307 e. The number of carbonyl (C=O) groups excluding carboxylic acids is 1. The molecule has 17 heavy (non-hydrogen) atoms. The van der Waals surface area contributed by atoms with Gasteiger partial charge in [0, 0.05) is 5.54 Å². The minimum Gasteiger partial charge on any atom is -0.466 e. The maximum atomic E-state index is 11.7. The number of nitrogens with zero attached hydrogens (tertiary/aromatic N) is 1. The molecule has 0 aromatic rings. The Morgan fingerprint density at radius 3 is 2.71 bits per heavy atom. The standard InChI is InChI=1S/C13H26N2O2/c1-4-15-9-6-7-13(14-3,8-10-15)11-12(16)17-5-2/h14H,4-11H2,1-3H3. The molecule has 4 nitrogen and oxygen atoms in total. The van der Waals surface area contributed by atoms with Gasteiger partial charge in [-0.1, -0.05) is 6.92 Å². The Hall–Kier alpha value is -0.610. The zero-order valence-corrected chi connectivity index (χ0v) is 11.4. The summed E-state index contributed by atoms with van der Waals surface area (Å²) in [6, 6.07) is 0. The molecule has 0 aromatic carbocycles. The summed E-state index contributed by atoms with van der Waals surface area (Å²) in [5, 5.41) is 3.36. The molecule has 0 aromatic heterocycles. The number of ether oxygens (including phenoxy) is 1. The van der Waals surface area contributed by atoms with Crippen LogP contribution in [0.15, 0.2) is 0 Å². The number of carbonyl (C=O) groups is 1. The Kier molecular flexibility index (Phi) is 5.92. The van der Waals surface area contributed by atoms with Crippen molar-refractivity contribution >= 4 is 5.97 Å². The predicted octanol–water partition coefficient (Wildman–Crippen LogP) is 1.40.